The molecule has 1 atom stereocenters. The van der Waals surface area contributed by atoms with E-state index in [4.69, 9.17) is 4.99 Å². The molecule has 0 radical (unpaired) electrons. The van der Waals surface area contributed by atoms with Gasteiger partial charge in [-0.15, -0.1) is 0 Å². The molecule has 0 bridgehead atoms. The van der Waals surface area contributed by atoms with Crippen LogP contribution in [-0.2, 0) is 16.6 Å². The summed E-state index contributed by atoms with van der Waals surface area (Å²) in [7, 11) is -0.887. The van der Waals surface area contributed by atoms with Gasteiger partial charge in [-0.2, -0.15) is 0 Å². The van der Waals surface area contributed by atoms with Crippen molar-refractivity contribution in [3.05, 3.63) is 77.4 Å². The normalized spacial score (nSPS) is 15.8. The molecule has 3 rings (SSSR count). The van der Waals surface area contributed by atoms with E-state index in [1.54, 1.807) is 0 Å². The minimum atomic E-state index is -0.887. The Bertz CT molecular complexity index is 824. The highest BCUT2D eigenvalue weighted by Gasteiger charge is 2.17. The van der Waals surface area contributed by atoms with Crippen LogP contribution in [0, 0.1) is 0 Å². The molecule has 1 aliphatic heterocycles. The maximum atomic E-state index is 12.3. The largest absolute Gasteiger partial charge is 0.357 e. The van der Waals surface area contributed by atoms with Crippen molar-refractivity contribution in [3.8, 4) is 0 Å². The number of piperidine rings is 1. The molecular weight excluding hydrogens is 378 g/mol. The second-order valence-electron chi connectivity index (χ2n) is 7.21. The fourth-order valence-electron chi connectivity index (χ4n) is 3.45. The maximum absolute atomic E-state index is 12.3. The Morgan fingerprint density at radius 3 is 2.38 bits per heavy atom. The van der Waals surface area contributed by atoms with E-state index < -0.39 is 10.8 Å². The fraction of sp³-hybridized carbons (Fsp3) is 0.375. The topological polar surface area (TPSA) is 44.7 Å². The molecule has 154 valence electrons. The van der Waals surface area contributed by atoms with Gasteiger partial charge in [0.25, 0.3) is 0 Å². The first kappa shape index (κ1) is 21.3. The predicted octanol–water partition coefficient (Wildman–Crippen LogP) is 4.08. The second-order valence-corrected chi connectivity index (χ2v) is 8.79. The second kappa shape index (κ2) is 11.6. The third-order valence-electron chi connectivity index (χ3n) is 4.96. The minimum Gasteiger partial charge on any atom is -0.357 e. The number of aliphatic imine (C=N–C) groups is 1. The van der Waals surface area contributed by atoms with Crippen molar-refractivity contribution in [2.45, 2.75) is 25.5 Å². The van der Waals surface area contributed by atoms with Gasteiger partial charge < -0.3 is 10.2 Å². The van der Waals surface area contributed by atoms with Crippen molar-refractivity contribution in [1.82, 2.24) is 10.2 Å². The van der Waals surface area contributed by atoms with E-state index in [1.165, 1.54) is 11.1 Å². The summed E-state index contributed by atoms with van der Waals surface area (Å²) in [6, 6.07) is 20.5. The highest BCUT2D eigenvalue weighted by molar-refractivity contribution is 7.84. The summed E-state index contributed by atoms with van der Waals surface area (Å²) in [5, 5.41) is 3.40. The monoisotopic (exact) mass is 409 g/mol. The lowest BCUT2D eigenvalue weighted by Crippen LogP contribution is -2.44. The van der Waals surface area contributed by atoms with E-state index in [-0.39, 0.29) is 0 Å². The zero-order valence-corrected chi connectivity index (χ0v) is 18.0. The number of guanidine groups is 1. The molecule has 0 aliphatic carbocycles. The molecule has 1 fully saturated rings. The highest BCUT2D eigenvalue weighted by Crippen LogP contribution is 2.19. The zero-order valence-electron chi connectivity index (χ0n) is 17.2. The van der Waals surface area contributed by atoms with Gasteiger partial charge in [0.15, 0.2) is 5.96 Å². The Hall–Kier alpha value is -2.40. The SMILES string of the molecule is CCNC(=NCCS(=O)Cc1ccccc1)N1CCC(=Cc2ccccc2)CC1. The molecular formula is C24H31N3OS. The third kappa shape index (κ3) is 7.17. The van der Waals surface area contributed by atoms with Gasteiger partial charge in [0.1, 0.15) is 0 Å². The molecule has 1 aliphatic rings. The van der Waals surface area contributed by atoms with Gasteiger partial charge in [-0.25, -0.2) is 0 Å². The molecule has 5 heteroatoms. The summed E-state index contributed by atoms with van der Waals surface area (Å²) in [5.41, 5.74) is 3.89. The van der Waals surface area contributed by atoms with Crippen molar-refractivity contribution >= 4 is 22.8 Å². The van der Waals surface area contributed by atoms with Crippen LogP contribution in [0.2, 0.25) is 0 Å². The van der Waals surface area contributed by atoms with Gasteiger partial charge in [-0.3, -0.25) is 9.20 Å². The average Bonchev–Trinajstić information content (AvgIpc) is 2.75. The van der Waals surface area contributed by atoms with E-state index in [9.17, 15) is 4.21 Å². The van der Waals surface area contributed by atoms with Gasteiger partial charge in [-0.1, -0.05) is 72.3 Å². The molecule has 1 heterocycles. The number of hydrogen-bond donors (Lipinski definition) is 1. The fourth-order valence-corrected chi connectivity index (χ4v) is 4.45. The molecule has 0 saturated carbocycles. The van der Waals surface area contributed by atoms with Crippen molar-refractivity contribution in [1.29, 1.82) is 0 Å². The summed E-state index contributed by atoms with van der Waals surface area (Å²) < 4.78 is 12.3. The number of nitrogens with zero attached hydrogens (tertiary/aromatic N) is 2. The first-order valence-electron chi connectivity index (χ1n) is 10.4. The van der Waals surface area contributed by atoms with Crippen LogP contribution < -0.4 is 5.32 Å². The van der Waals surface area contributed by atoms with Crippen molar-refractivity contribution < 1.29 is 4.21 Å². The lowest BCUT2D eigenvalue weighted by molar-refractivity contribution is 0.376. The standard InChI is InChI=1S/C24H31N3OS/c1-2-25-24(26-15-18-29(28)20-23-11-7-4-8-12-23)27-16-13-22(14-17-27)19-21-9-5-3-6-10-21/h3-12,19H,2,13-18,20H2,1H3,(H,25,26). The van der Waals surface area contributed by atoms with Gasteiger partial charge in [0.05, 0.1) is 6.54 Å². The molecule has 1 N–H and O–H groups in total. The van der Waals surface area contributed by atoms with Crippen LogP contribution in [0.15, 0.2) is 71.2 Å². The molecule has 0 aromatic heterocycles. The smallest absolute Gasteiger partial charge is 0.193 e. The number of benzene rings is 2. The molecule has 1 unspecified atom stereocenters. The Morgan fingerprint density at radius 2 is 1.72 bits per heavy atom. The van der Waals surface area contributed by atoms with Crippen LogP contribution >= 0.6 is 0 Å². The van der Waals surface area contributed by atoms with Gasteiger partial charge in [-0.05, 0) is 30.9 Å². The molecule has 1 saturated heterocycles. The maximum Gasteiger partial charge on any atom is 0.193 e. The first-order valence-corrected chi connectivity index (χ1v) is 11.9. The number of nitrogens with one attached hydrogen (secondary N) is 1. The Balaban J connectivity index is 1.50. The van der Waals surface area contributed by atoms with Crippen molar-refractivity contribution in [2.24, 2.45) is 4.99 Å². The average molecular weight is 410 g/mol. The quantitative estimate of drug-likeness (QED) is 0.554. The van der Waals surface area contributed by atoms with Gasteiger partial charge in [0.2, 0.25) is 0 Å². The van der Waals surface area contributed by atoms with E-state index in [2.05, 4.69) is 53.5 Å². The minimum absolute atomic E-state index is 0.588. The van der Waals surface area contributed by atoms with Crippen LogP contribution in [0.1, 0.15) is 30.9 Å². The number of likely N-dealkylation sites (tertiary alicyclic amines) is 1. The van der Waals surface area contributed by atoms with E-state index in [0.717, 1.165) is 44.0 Å². The summed E-state index contributed by atoms with van der Waals surface area (Å²) in [6.45, 7) is 5.46. The van der Waals surface area contributed by atoms with Crippen LogP contribution in [-0.4, -0.2) is 47.0 Å². The molecule has 4 nitrogen and oxygen atoms in total. The predicted molar refractivity (Wildman–Crippen MR) is 124 cm³/mol. The van der Waals surface area contributed by atoms with Crippen LogP contribution in [0.5, 0.6) is 0 Å². The summed E-state index contributed by atoms with van der Waals surface area (Å²) in [6.07, 6.45) is 4.42. The highest BCUT2D eigenvalue weighted by atomic mass is 32.2. The molecule has 2 aromatic rings. The van der Waals surface area contributed by atoms with Crippen molar-refractivity contribution in [3.63, 3.8) is 0 Å². The Morgan fingerprint density at radius 1 is 1.07 bits per heavy atom. The Kier molecular flexibility index (Phi) is 8.50. The lowest BCUT2D eigenvalue weighted by atomic mass is 10.0. The van der Waals surface area contributed by atoms with E-state index in [1.807, 2.05) is 30.3 Å². The van der Waals surface area contributed by atoms with Gasteiger partial charge in [0, 0.05) is 41.9 Å². The number of hydrogen-bond acceptors (Lipinski definition) is 2. The third-order valence-corrected chi connectivity index (χ3v) is 6.25. The first-order chi connectivity index (χ1) is 14.2. The lowest BCUT2D eigenvalue weighted by Gasteiger charge is -2.31. The number of rotatable bonds is 7. The van der Waals surface area contributed by atoms with Crippen molar-refractivity contribution in [2.75, 3.05) is 31.9 Å². The zero-order chi connectivity index (χ0) is 20.3. The van der Waals surface area contributed by atoms with E-state index >= 15 is 0 Å². The van der Waals surface area contributed by atoms with Gasteiger partial charge >= 0.3 is 0 Å². The summed E-state index contributed by atoms with van der Waals surface area (Å²) >= 11 is 0. The van der Waals surface area contributed by atoms with E-state index in [0.29, 0.717) is 18.1 Å². The van der Waals surface area contributed by atoms with Crippen LogP contribution in [0.3, 0.4) is 0 Å². The molecule has 0 spiro atoms. The van der Waals surface area contributed by atoms with Crippen LogP contribution in [0.25, 0.3) is 6.08 Å². The Labute approximate surface area is 177 Å². The molecule has 29 heavy (non-hydrogen) atoms. The molecule has 0 amide bonds. The van der Waals surface area contributed by atoms with Crippen LogP contribution in [0.4, 0.5) is 0 Å². The summed E-state index contributed by atoms with van der Waals surface area (Å²) in [4.78, 5) is 7.07. The summed E-state index contributed by atoms with van der Waals surface area (Å²) in [5.74, 6) is 2.14. The molecule has 2 aromatic carbocycles.